The number of ether oxygens (including phenoxy) is 1. The molecule has 0 spiro atoms. The van der Waals surface area contributed by atoms with Crippen LogP contribution in [0.25, 0.3) is 10.9 Å². The number of benzene rings is 2. The number of rotatable bonds is 4. The summed E-state index contributed by atoms with van der Waals surface area (Å²) in [6.07, 6.45) is 4.83. The van der Waals surface area contributed by atoms with Gasteiger partial charge in [-0.3, -0.25) is 0 Å². The van der Waals surface area contributed by atoms with Crippen LogP contribution in [0.5, 0.6) is 5.75 Å². The summed E-state index contributed by atoms with van der Waals surface area (Å²) in [6, 6.07) is 6.96. The number of thiol groups is 1. The Morgan fingerprint density at radius 1 is 1.21 bits per heavy atom. The topological polar surface area (TPSA) is 85.1 Å². The number of aromatic nitrogens is 2. The van der Waals surface area contributed by atoms with Gasteiger partial charge in [0.05, 0.1) is 16.6 Å². The molecule has 0 saturated carbocycles. The molecule has 4 rings (SSSR count). The van der Waals surface area contributed by atoms with Gasteiger partial charge in [-0.1, -0.05) is 0 Å². The molecule has 1 aromatic heterocycles. The van der Waals surface area contributed by atoms with Gasteiger partial charge in [-0.25, -0.2) is 18.7 Å². The second-order valence-electron chi connectivity index (χ2n) is 6.47. The van der Waals surface area contributed by atoms with Gasteiger partial charge >= 0.3 is 0 Å². The number of fused-ring (bicyclic) bond motifs is 1. The average molecular weight is 420 g/mol. The summed E-state index contributed by atoms with van der Waals surface area (Å²) in [5.74, 6) is -0.331. The summed E-state index contributed by atoms with van der Waals surface area (Å²) in [6.45, 7) is 1.64. The molecule has 2 aromatic carbocycles. The van der Waals surface area contributed by atoms with E-state index in [1.807, 2.05) is 0 Å². The van der Waals surface area contributed by atoms with E-state index in [9.17, 15) is 8.78 Å². The number of anilines is 3. The van der Waals surface area contributed by atoms with Gasteiger partial charge in [-0.15, -0.1) is 0 Å². The van der Waals surface area contributed by atoms with Crippen LogP contribution >= 0.6 is 12.6 Å². The molecule has 2 heterocycles. The number of halogens is 2. The van der Waals surface area contributed by atoms with Crippen LogP contribution in [0, 0.1) is 11.6 Å². The average Bonchev–Trinajstić information content (AvgIpc) is 2.72. The van der Waals surface area contributed by atoms with Crippen molar-refractivity contribution in [3.63, 3.8) is 0 Å². The molecule has 4 N–H and O–H groups in total. The van der Waals surface area contributed by atoms with E-state index in [4.69, 9.17) is 10.5 Å². The van der Waals surface area contributed by atoms with Crippen LogP contribution in [0.4, 0.5) is 26.0 Å². The number of piperidine rings is 1. The summed E-state index contributed by atoms with van der Waals surface area (Å²) in [4.78, 5) is 8.20. The molecule has 154 valence electrons. The first-order chi connectivity index (χ1) is 14.1. The Morgan fingerprint density at radius 3 is 2.79 bits per heavy atom. The molecule has 0 bridgehead atoms. The normalized spacial score (nSPS) is 16.1. The molecule has 9 heteroatoms. The van der Waals surface area contributed by atoms with Gasteiger partial charge in [0, 0.05) is 18.3 Å². The molecule has 0 aliphatic carbocycles. The van der Waals surface area contributed by atoms with Crippen molar-refractivity contribution in [2.45, 2.75) is 18.9 Å². The third kappa shape index (κ3) is 5.04. The van der Waals surface area contributed by atoms with Crippen LogP contribution in [-0.4, -0.2) is 35.4 Å². The van der Waals surface area contributed by atoms with E-state index in [0.717, 1.165) is 19.4 Å². The van der Waals surface area contributed by atoms with E-state index in [0.29, 0.717) is 23.5 Å². The van der Waals surface area contributed by atoms with E-state index in [1.54, 1.807) is 18.4 Å². The zero-order chi connectivity index (χ0) is 20.8. The molecule has 0 amide bonds. The number of nitrogens with one attached hydrogen (secondary N) is 2. The van der Waals surface area contributed by atoms with E-state index in [-0.39, 0.29) is 23.0 Å². The first-order valence-electron chi connectivity index (χ1n) is 9.18. The Hall–Kier alpha value is -2.65. The van der Waals surface area contributed by atoms with Crippen LogP contribution < -0.4 is 21.1 Å². The van der Waals surface area contributed by atoms with E-state index >= 15 is 0 Å². The molecule has 3 aromatic rings. The van der Waals surface area contributed by atoms with Crippen molar-refractivity contribution < 1.29 is 13.5 Å². The predicted molar refractivity (Wildman–Crippen MR) is 115 cm³/mol. The van der Waals surface area contributed by atoms with Gasteiger partial charge in [0.1, 0.15) is 35.6 Å². The smallest absolute Gasteiger partial charge is 0.146 e. The number of nitrogens with zero attached hydrogens (tertiary/aromatic N) is 2. The van der Waals surface area contributed by atoms with Gasteiger partial charge < -0.3 is 21.1 Å². The summed E-state index contributed by atoms with van der Waals surface area (Å²) in [5.41, 5.74) is 6.84. The largest absolute Gasteiger partial charge is 0.487 e. The summed E-state index contributed by atoms with van der Waals surface area (Å²) in [5, 5.41) is 6.51. The van der Waals surface area contributed by atoms with Gasteiger partial charge in [0.15, 0.2) is 0 Å². The molecule has 1 fully saturated rings. The lowest BCUT2D eigenvalue weighted by molar-refractivity contribution is 0.167. The molecule has 1 aliphatic heterocycles. The maximum Gasteiger partial charge on any atom is 0.146 e. The summed E-state index contributed by atoms with van der Waals surface area (Å²) >= 11 is 3.53. The third-order valence-corrected chi connectivity index (χ3v) is 4.45. The molecule has 1 aliphatic rings. The number of hydrogen-bond acceptors (Lipinski definition) is 7. The first-order valence-corrected chi connectivity index (χ1v) is 10.1. The Kier molecular flexibility index (Phi) is 7.05. The Bertz CT molecular complexity index is 982. The highest BCUT2D eigenvalue weighted by atomic mass is 32.1. The lowest BCUT2D eigenvalue weighted by atomic mass is 10.1. The van der Waals surface area contributed by atoms with Crippen molar-refractivity contribution in [1.82, 2.24) is 15.3 Å². The first kappa shape index (κ1) is 21.1. The van der Waals surface area contributed by atoms with Crippen LogP contribution in [0.2, 0.25) is 0 Å². The zero-order valence-electron chi connectivity index (χ0n) is 16.0. The molecule has 0 radical (unpaired) electrons. The zero-order valence-corrected chi connectivity index (χ0v) is 16.8. The molecule has 1 unspecified atom stereocenters. The van der Waals surface area contributed by atoms with E-state index in [2.05, 4.69) is 33.2 Å². The minimum Gasteiger partial charge on any atom is -0.487 e. The number of nitrogen functional groups attached to an aromatic ring is 1. The van der Waals surface area contributed by atoms with Crippen molar-refractivity contribution in [1.29, 1.82) is 0 Å². The molecule has 1 saturated heterocycles. The highest BCUT2D eigenvalue weighted by Crippen LogP contribution is 2.33. The molecule has 1 atom stereocenters. The summed E-state index contributed by atoms with van der Waals surface area (Å²) < 4.78 is 34.2. The quantitative estimate of drug-likeness (QED) is 0.379. The van der Waals surface area contributed by atoms with Crippen LogP contribution in [-0.2, 0) is 0 Å². The van der Waals surface area contributed by atoms with Gasteiger partial charge in [0.25, 0.3) is 0 Å². The third-order valence-electron chi connectivity index (χ3n) is 4.45. The fourth-order valence-electron chi connectivity index (χ4n) is 3.18. The van der Waals surface area contributed by atoms with Crippen LogP contribution in [0.1, 0.15) is 12.8 Å². The van der Waals surface area contributed by atoms with E-state index in [1.165, 1.54) is 24.5 Å². The Balaban J connectivity index is 0.00000117. The van der Waals surface area contributed by atoms with Crippen LogP contribution in [0.15, 0.2) is 36.7 Å². The molecule has 29 heavy (non-hydrogen) atoms. The summed E-state index contributed by atoms with van der Waals surface area (Å²) in [7, 11) is 0. The monoisotopic (exact) mass is 419 g/mol. The Morgan fingerprint density at radius 2 is 2.03 bits per heavy atom. The second-order valence-corrected chi connectivity index (χ2v) is 6.47. The highest BCUT2D eigenvalue weighted by Gasteiger charge is 2.18. The van der Waals surface area contributed by atoms with Crippen molar-refractivity contribution >= 4 is 40.7 Å². The minimum atomic E-state index is -0.533. The van der Waals surface area contributed by atoms with Crippen molar-refractivity contribution in [2.24, 2.45) is 0 Å². The number of hydrogen-bond donors (Lipinski definition) is 4. The maximum absolute atomic E-state index is 14.4. The van der Waals surface area contributed by atoms with Gasteiger partial charge in [-0.05, 0) is 49.9 Å². The molecule has 6 nitrogen and oxygen atoms in total. The molecular formula is C20H23F2N5OS. The van der Waals surface area contributed by atoms with E-state index < -0.39 is 11.6 Å². The van der Waals surface area contributed by atoms with Crippen molar-refractivity contribution in [3.05, 3.63) is 48.3 Å². The van der Waals surface area contributed by atoms with Gasteiger partial charge in [-0.2, -0.15) is 12.6 Å². The van der Waals surface area contributed by atoms with Crippen molar-refractivity contribution in [3.8, 4) is 5.75 Å². The fraction of sp³-hybridized carbons (Fsp3) is 0.300. The standard InChI is InChI=1S/C19H19F2N5O.CH4S/c20-11-3-4-15(17(6-11)27-13-2-1-5-23-9-13)26-19-18-14(21)7-12(22)8-16(18)24-10-25-19;1-2/h3-4,6-8,10,13,23H,1-2,5,9,22H2,(H,24,25,26);2H,1H3. The lowest BCUT2D eigenvalue weighted by Gasteiger charge is -2.25. The van der Waals surface area contributed by atoms with Crippen molar-refractivity contribution in [2.75, 3.05) is 30.4 Å². The molecular weight excluding hydrogens is 396 g/mol. The highest BCUT2D eigenvalue weighted by molar-refractivity contribution is 7.79. The SMILES string of the molecule is CS.Nc1cc(F)c2c(Nc3ccc(F)cc3OC3CCCNC3)ncnc2c1. The van der Waals surface area contributed by atoms with Gasteiger partial charge in [0.2, 0.25) is 0 Å². The maximum atomic E-state index is 14.4. The van der Waals surface area contributed by atoms with Crippen LogP contribution in [0.3, 0.4) is 0 Å². The minimum absolute atomic E-state index is 0.0558. The lowest BCUT2D eigenvalue weighted by Crippen LogP contribution is -2.37. The number of nitrogens with two attached hydrogens (primary N) is 1. The Labute approximate surface area is 173 Å². The second kappa shape index (κ2) is 9.71. The fourth-order valence-corrected chi connectivity index (χ4v) is 3.18. The predicted octanol–water partition coefficient (Wildman–Crippen LogP) is 3.91.